The molecular weight excluding hydrogens is 232 g/mol. The number of rotatable bonds is 4. The van der Waals surface area contributed by atoms with E-state index in [4.69, 9.17) is 0 Å². The second-order valence-electron chi connectivity index (χ2n) is 3.15. The molecule has 0 aromatic carbocycles. The van der Waals surface area contributed by atoms with Gasteiger partial charge in [0.05, 0.1) is 18.0 Å². The van der Waals surface area contributed by atoms with Gasteiger partial charge in [-0.1, -0.05) is 11.8 Å². The topological polar surface area (TPSA) is 103 Å². The van der Waals surface area contributed by atoms with Crippen molar-refractivity contribution in [2.75, 3.05) is 5.75 Å². The van der Waals surface area contributed by atoms with E-state index < -0.39 is 17.8 Å². The molecule has 0 radical (unpaired) electrons. The molecule has 0 aliphatic heterocycles. The molecule has 6 nitrogen and oxygen atoms in total. The zero-order valence-electron chi connectivity index (χ0n) is 8.58. The average molecular weight is 244 g/mol. The summed E-state index contributed by atoms with van der Waals surface area (Å²) in [5, 5.41) is 19.0. The maximum atomic E-state index is 11.3. The van der Waals surface area contributed by atoms with E-state index in [1.807, 2.05) is 0 Å². The Morgan fingerprint density at radius 1 is 1.62 bits per heavy atom. The number of carbonyl (C=O) groups is 1. The van der Waals surface area contributed by atoms with E-state index in [1.54, 1.807) is 0 Å². The van der Waals surface area contributed by atoms with Gasteiger partial charge in [-0.05, 0) is 0 Å². The van der Waals surface area contributed by atoms with Gasteiger partial charge in [-0.25, -0.2) is 4.98 Å². The Balaban J connectivity index is 2.70. The molecule has 2 unspecified atom stereocenters. The molecule has 1 rings (SSSR count). The highest BCUT2D eigenvalue weighted by atomic mass is 32.2. The highest BCUT2D eigenvalue weighted by Gasteiger charge is 2.21. The van der Waals surface area contributed by atoms with Crippen LogP contribution >= 0.6 is 11.8 Å². The van der Waals surface area contributed by atoms with Crippen LogP contribution in [0.1, 0.15) is 18.6 Å². The fourth-order valence-electron chi connectivity index (χ4n) is 1.07. The lowest BCUT2D eigenvalue weighted by molar-refractivity contribution is -0.109. The molecule has 0 spiro atoms. The lowest BCUT2D eigenvalue weighted by Gasteiger charge is -2.15. The third-order valence-electron chi connectivity index (χ3n) is 1.89. The lowest BCUT2D eigenvalue weighted by Crippen LogP contribution is -2.27. The van der Waals surface area contributed by atoms with Crippen molar-refractivity contribution >= 4 is 16.9 Å². The van der Waals surface area contributed by atoms with Gasteiger partial charge in [0.15, 0.2) is 5.12 Å². The Morgan fingerprint density at radius 3 is 2.88 bits per heavy atom. The zero-order chi connectivity index (χ0) is 12.1. The molecule has 0 amide bonds. The van der Waals surface area contributed by atoms with Crippen LogP contribution in [0.3, 0.4) is 0 Å². The van der Waals surface area contributed by atoms with E-state index in [-0.39, 0.29) is 16.4 Å². The van der Waals surface area contributed by atoms with Crippen molar-refractivity contribution in [1.82, 2.24) is 9.97 Å². The first-order valence-corrected chi connectivity index (χ1v) is 5.53. The maximum absolute atomic E-state index is 11.3. The van der Waals surface area contributed by atoms with Crippen LogP contribution in [-0.2, 0) is 4.79 Å². The van der Waals surface area contributed by atoms with Crippen molar-refractivity contribution < 1.29 is 15.0 Å². The van der Waals surface area contributed by atoms with Crippen molar-refractivity contribution in [3.8, 4) is 0 Å². The number of aliphatic hydroxyl groups is 2. The summed E-state index contributed by atoms with van der Waals surface area (Å²) in [6.07, 6.45) is -0.149. The van der Waals surface area contributed by atoms with E-state index in [2.05, 4.69) is 9.97 Å². The minimum atomic E-state index is -1.34. The molecular formula is C9H12N2O4S. The monoisotopic (exact) mass is 244 g/mol. The fourth-order valence-corrected chi connectivity index (χ4v) is 1.66. The predicted molar refractivity (Wildman–Crippen MR) is 59.0 cm³/mol. The lowest BCUT2D eigenvalue weighted by atomic mass is 10.1. The number of H-pyrrole nitrogens is 1. The van der Waals surface area contributed by atoms with E-state index in [0.29, 0.717) is 0 Å². The van der Waals surface area contributed by atoms with Crippen LogP contribution in [0.15, 0.2) is 17.3 Å². The molecule has 3 N–H and O–H groups in total. The predicted octanol–water partition coefficient (Wildman–Crippen LogP) is -0.556. The van der Waals surface area contributed by atoms with Crippen LogP contribution < -0.4 is 5.56 Å². The smallest absolute Gasteiger partial charge is 0.256 e. The van der Waals surface area contributed by atoms with E-state index in [0.717, 1.165) is 11.8 Å². The zero-order valence-corrected chi connectivity index (χ0v) is 9.40. The molecule has 0 fully saturated rings. The minimum absolute atomic E-state index is 0.0147. The highest BCUT2D eigenvalue weighted by molar-refractivity contribution is 8.13. The summed E-state index contributed by atoms with van der Waals surface area (Å²) in [6.45, 7) is 1.36. The average Bonchev–Trinajstić information content (AvgIpc) is 2.25. The molecule has 16 heavy (non-hydrogen) atoms. The molecule has 1 heterocycles. The highest BCUT2D eigenvalue weighted by Crippen LogP contribution is 2.16. The molecule has 0 saturated heterocycles. The molecule has 1 aromatic rings. The standard InChI is InChI=1S/C9H12N2O4S/c1-5(12)16-3-7(13)8(14)6-2-10-4-11-9(6)15/h2,4,7-8,13-14H,3H2,1H3,(H,10,11,15). The molecule has 0 aliphatic rings. The van der Waals surface area contributed by atoms with Crippen LogP contribution in [0.2, 0.25) is 0 Å². The summed E-state index contributed by atoms with van der Waals surface area (Å²) in [5.41, 5.74) is -0.520. The van der Waals surface area contributed by atoms with Gasteiger partial charge >= 0.3 is 0 Å². The van der Waals surface area contributed by atoms with Gasteiger partial charge in [0.25, 0.3) is 5.56 Å². The number of hydrogen-bond donors (Lipinski definition) is 3. The third kappa shape index (κ3) is 3.44. The molecule has 1 aromatic heterocycles. The Hall–Kier alpha value is -1.18. The van der Waals surface area contributed by atoms with Crippen molar-refractivity contribution in [2.24, 2.45) is 0 Å². The molecule has 2 atom stereocenters. The number of aliphatic hydroxyl groups excluding tert-OH is 2. The van der Waals surface area contributed by atoms with Crippen molar-refractivity contribution in [3.63, 3.8) is 0 Å². The number of nitrogens with one attached hydrogen (secondary N) is 1. The first kappa shape index (κ1) is 12.9. The van der Waals surface area contributed by atoms with E-state index in [1.165, 1.54) is 19.4 Å². The summed E-state index contributed by atoms with van der Waals surface area (Å²) < 4.78 is 0. The molecule has 7 heteroatoms. The van der Waals surface area contributed by atoms with E-state index in [9.17, 15) is 19.8 Å². The van der Waals surface area contributed by atoms with Crippen LogP contribution in [0.4, 0.5) is 0 Å². The van der Waals surface area contributed by atoms with Gasteiger partial charge in [0.1, 0.15) is 6.10 Å². The quantitative estimate of drug-likeness (QED) is 0.656. The summed E-state index contributed by atoms with van der Waals surface area (Å²) in [4.78, 5) is 27.9. The van der Waals surface area contributed by atoms with Crippen molar-refractivity contribution in [2.45, 2.75) is 19.1 Å². The summed E-state index contributed by atoms with van der Waals surface area (Å²) in [7, 11) is 0. The second kappa shape index (κ2) is 5.78. The van der Waals surface area contributed by atoms with Gasteiger partial charge in [-0.15, -0.1) is 0 Å². The second-order valence-corrected chi connectivity index (χ2v) is 4.35. The Kier molecular flexibility index (Phi) is 4.66. The number of hydrogen-bond acceptors (Lipinski definition) is 6. The van der Waals surface area contributed by atoms with Gasteiger partial charge in [-0.2, -0.15) is 0 Å². The SMILES string of the molecule is CC(=O)SCC(O)C(O)c1cnc[nH]c1=O. The Morgan fingerprint density at radius 2 is 2.31 bits per heavy atom. The molecule has 0 saturated carbocycles. The largest absolute Gasteiger partial charge is 0.389 e. The van der Waals surface area contributed by atoms with Gasteiger partial charge in [0, 0.05) is 18.9 Å². The minimum Gasteiger partial charge on any atom is -0.389 e. The van der Waals surface area contributed by atoms with Crippen LogP contribution in [0.25, 0.3) is 0 Å². The summed E-state index contributed by atoms with van der Waals surface area (Å²) in [5.74, 6) is 0.0326. The Bertz CT molecular complexity index is 420. The first-order valence-electron chi connectivity index (χ1n) is 4.54. The van der Waals surface area contributed by atoms with E-state index >= 15 is 0 Å². The summed E-state index contributed by atoms with van der Waals surface area (Å²) in [6, 6.07) is 0. The first-order chi connectivity index (χ1) is 7.52. The summed E-state index contributed by atoms with van der Waals surface area (Å²) >= 11 is 0.887. The number of aromatic amines is 1. The van der Waals surface area contributed by atoms with Gasteiger partial charge in [-0.3, -0.25) is 9.59 Å². The normalized spacial score (nSPS) is 14.4. The van der Waals surface area contributed by atoms with Crippen molar-refractivity contribution in [1.29, 1.82) is 0 Å². The van der Waals surface area contributed by atoms with Crippen LogP contribution in [0.5, 0.6) is 0 Å². The number of thioether (sulfide) groups is 1. The number of aromatic nitrogens is 2. The van der Waals surface area contributed by atoms with Crippen LogP contribution in [0, 0.1) is 0 Å². The number of nitrogens with zero attached hydrogens (tertiary/aromatic N) is 1. The fraction of sp³-hybridized carbons (Fsp3) is 0.444. The molecule has 88 valence electrons. The molecule has 0 aliphatic carbocycles. The third-order valence-corrected chi connectivity index (χ3v) is 2.80. The van der Waals surface area contributed by atoms with Crippen LogP contribution in [-0.4, -0.2) is 37.2 Å². The van der Waals surface area contributed by atoms with Gasteiger partial charge < -0.3 is 15.2 Å². The molecule has 0 bridgehead atoms. The number of carbonyl (C=O) groups excluding carboxylic acids is 1. The Labute approximate surface area is 95.7 Å². The van der Waals surface area contributed by atoms with Gasteiger partial charge in [0.2, 0.25) is 0 Å². The van der Waals surface area contributed by atoms with Crippen molar-refractivity contribution in [3.05, 3.63) is 28.4 Å². The maximum Gasteiger partial charge on any atom is 0.256 e.